The van der Waals surface area contributed by atoms with E-state index in [0.717, 1.165) is 33.5 Å². The van der Waals surface area contributed by atoms with E-state index in [-0.39, 0.29) is 0 Å². The van der Waals surface area contributed by atoms with Crippen molar-refractivity contribution in [3.63, 3.8) is 0 Å². The summed E-state index contributed by atoms with van der Waals surface area (Å²) >= 11 is 0. The first kappa shape index (κ1) is 18.1. The standard InChI is InChI=1S/C30H19N3/c1-2-8-20(9-3-1)22-14-16-27(31-19-22)21-13-15-25-26(18-21)23-10-4-5-11-24(23)29-30(25)33-17-7-6-12-28(33)32-29/h1-19H. The predicted octanol–water partition coefficient (Wildman–Crippen LogP) is 7.52. The zero-order valence-corrected chi connectivity index (χ0v) is 17.8. The molecule has 3 heterocycles. The molecule has 0 saturated carbocycles. The molecule has 0 spiro atoms. The minimum Gasteiger partial charge on any atom is -0.299 e. The van der Waals surface area contributed by atoms with Crippen molar-refractivity contribution >= 4 is 38.2 Å². The maximum atomic E-state index is 4.96. The van der Waals surface area contributed by atoms with Gasteiger partial charge in [0.05, 0.1) is 16.7 Å². The van der Waals surface area contributed by atoms with Gasteiger partial charge >= 0.3 is 0 Å². The number of fused-ring (bicyclic) bond motifs is 8. The van der Waals surface area contributed by atoms with Crippen LogP contribution in [0.1, 0.15) is 0 Å². The normalized spacial score (nSPS) is 11.6. The van der Waals surface area contributed by atoms with Gasteiger partial charge in [-0.05, 0) is 40.6 Å². The van der Waals surface area contributed by atoms with E-state index in [9.17, 15) is 0 Å². The molecule has 33 heavy (non-hydrogen) atoms. The molecular formula is C30H19N3. The molecule has 0 radical (unpaired) electrons. The molecule has 3 heteroatoms. The lowest BCUT2D eigenvalue weighted by Gasteiger charge is -2.10. The zero-order chi connectivity index (χ0) is 21.8. The molecule has 7 aromatic rings. The first-order valence-electron chi connectivity index (χ1n) is 11.1. The highest BCUT2D eigenvalue weighted by Gasteiger charge is 2.15. The van der Waals surface area contributed by atoms with Gasteiger partial charge in [0.2, 0.25) is 0 Å². The maximum absolute atomic E-state index is 4.96. The van der Waals surface area contributed by atoms with Crippen molar-refractivity contribution in [2.75, 3.05) is 0 Å². The van der Waals surface area contributed by atoms with Crippen molar-refractivity contribution < 1.29 is 0 Å². The molecule has 3 aromatic heterocycles. The number of rotatable bonds is 2. The highest BCUT2D eigenvalue weighted by Crippen LogP contribution is 2.37. The molecule has 0 amide bonds. The Morgan fingerprint density at radius 3 is 2.18 bits per heavy atom. The Kier molecular flexibility index (Phi) is 3.84. The summed E-state index contributed by atoms with van der Waals surface area (Å²) in [5.74, 6) is 0. The molecule has 0 aliphatic rings. The van der Waals surface area contributed by atoms with Crippen molar-refractivity contribution in [2.45, 2.75) is 0 Å². The molecule has 0 aliphatic carbocycles. The first-order chi connectivity index (χ1) is 16.4. The third-order valence-electron chi connectivity index (χ3n) is 6.44. The number of nitrogens with zero attached hydrogens (tertiary/aromatic N) is 3. The van der Waals surface area contributed by atoms with Gasteiger partial charge in [-0.3, -0.25) is 9.38 Å². The van der Waals surface area contributed by atoms with Gasteiger partial charge in [-0.25, -0.2) is 4.98 Å². The third-order valence-corrected chi connectivity index (χ3v) is 6.44. The summed E-state index contributed by atoms with van der Waals surface area (Å²) < 4.78 is 2.19. The monoisotopic (exact) mass is 421 g/mol. The third kappa shape index (κ3) is 2.76. The average molecular weight is 422 g/mol. The van der Waals surface area contributed by atoms with Gasteiger partial charge in [0.1, 0.15) is 5.65 Å². The van der Waals surface area contributed by atoms with E-state index in [4.69, 9.17) is 9.97 Å². The summed E-state index contributed by atoms with van der Waals surface area (Å²) in [5.41, 5.74) is 7.54. The molecule has 0 unspecified atom stereocenters. The summed E-state index contributed by atoms with van der Waals surface area (Å²) in [7, 11) is 0. The van der Waals surface area contributed by atoms with Crippen LogP contribution < -0.4 is 0 Å². The van der Waals surface area contributed by atoms with Crippen LogP contribution in [0, 0.1) is 0 Å². The van der Waals surface area contributed by atoms with Gasteiger partial charge in [-0.2, -0.15) is 0 Å². The van der Waals surface area contributed by atoms with E-state index < -0.39 is 0 Å². The van der Waals surface area contributed by atoms with Crippen LogP contribution in [0.3, 0.4) is 0 Å². The Hall–Kier alpha value is -4.50. The molecule has 0 N–H and O–H groups in total. The smallest absolute Gasteiger partial charge is 0.137 e. The summed E-state index contributed by atoms with van der Waals surface area (Å²) in [4.78, 5) is 9.76. The zero-order valence-electron chi connectivity index (χ0n) is 17.8. The van der Waals surface area contributed by atoms with E-state index in [1.165, 1.54) is 27.1 Å². The molecule has 0 fully saturated rings. The molecule has 3 nitrogen and oxygen atoms in total. The lowest BCUT2D eigenvalue weighted by molar-refractivity contribution is 1.23. The fraction of sp³-hybridized carbons (Fsp3) is 0. The van der Waals surface area contributed by atoms with Gasteiger partial charge < -0.3 is 0 Å². The van der Waals surface area contributed by atoms with Crippen molar-refractivity contribution in [3.05, 3.63) is 116 Å². The van der Waals surface area contributed by atoms with Crippen LogP contribution in [0.15, 0.2) is 116 Å². The highest BCUT2D eigenvalue weighted by atomic mass is 15.0. The molecule has 0 bridgehead atoms. The van der Waals surface area contributed by atoms with E-state index in [1.54, 1.807) is 0 Å². The SMILES string of the molecule is c1ccc(-c2ccc(-c3ccc4c(c3)c3ccccc3c3nc5ccccn5c43)nc2)cc1. The number of pyridine rings is 2. The minimum absolute atomic E-state index is 0.965. The number of imidazole rings is 1. The Bertz CT molecular complexity index is 1800. The number of hydrogen-bond acceptors (Lipinski definition) is 2. The van der Waals surface area contributed by atoms with Gasteiger partial charge in [0.25, 0.3) is 0 Å². The van der Waals surface area contributed by atoms with E-state index in [1.807, 2.05) is 18.3 Å². The molecule has 7 rings (SSSR count). The fourth-order valence-corrected chi connectivity index (χ4v) is 4.86. The molecule has 4 aromatic carbocycles. The Morgan fingerprint density at radius 2 is 1.33 bits per heavy atom. The first-order valence-corrected chi connectivity index (χ1v) is 11.1. The summed E-state index contributed by atoms with van der Waals surface area (Å²) in [5, 5.41) is 4.81. The van der Waals surface area contributed by atoms with Gasteiger partial charge in [-0.1, -0.05) is 78.9 Å². The van der Waals surface area contributed by atoms with Crippen LogP contribution in [-0.2, 0) is 0 Å². The Labute approximate surface area is 190 Å². The van der Waals surface area contributed by atoms with Gasteiger partial charge in [0.15, 0.2) is 0 Å². The second-order valence-corrected chi connectivity index (χ2v) is 8.34. The number of aromatic nitrogens is 3. The molecule has 0 atom stereocenters. The van der Waals surface area contributed by atoms with Gasteiger partial charge in [-0.15, -0.1) is 0 Å². The molecule has 0 saturated heterocycles. The molecule has 0 aliphatic heterocycles. The second kappa shape index (κ2) is 7.01. The van der Waals surface area contributed by atoms with Crippen LogP contribution in [0.25, 0.3) is 60.6 Å². The van der Waals surface area contributed by atoms with Crippen LogP contribution >= 0.6 is 0 Å². The van der Waals surface area contributed by atoms with Crippen LogP contribution in [-0.4, -0.2) is 14.4 Å². The molecule has 154 valence electrons. The summed E-state index contributed by atoms with van der Waals surface area (Å²) in [6.07, 6.45) is 4.05. The topological polar surface area (TPSA) is 30.2 Å². The second-order valence-electron chi connectivity index (χ2n) is 8.34. The summed E-state index contributed by atoms with van der Waals surface area (Å²) in [6.45, 7) is 0. The van der Waals surface area contributed by atoms with Crippen molar-refractivity contribution in [1.29, 1.82) is 0 Å². The number of benzene rings is 4. The lowest BCUT2D eigenvalue weighted by Crippen LogP contribution is -1.89. The van der Waals surface area contributed by atoms with Crippen LogP contribution in [0.5, 0.6) is 0 Å². The highest BCUT2D eigenvalue weighted by molar-refractivity contribution is 6.24. The predicted molar refractivity (Wildman–Crippen MR) is 136 cm³/mol. The van der Waals surface area contributed by atoms with E-state index in [2.05, 4.69) is 102 Å². The van der Waals surface area contributed by atoms with E-state index in [0.29, 0.717) is 0 Å². The molecular weight excluding hydrogens is 402 g/mol. The van der Waals surface area contributed by atoms with E-state index >= 15 is 0 Å². The average Bonchev–Trinajstić information content (AvgIpc) is 3.29. The van der Waals surface area contributed by atoms with Gasteiger partial charge in [0, 0.05) is 34.3 Å². The minimum atomic E-state index is 0.965. The van der Waals surface area contributed by atoms with Crippen molar-refractivity contribution in [2.24, 2.45) is 0 Å². The quantitative estimate of drug-likeness (QED) is 0.270. The van der Waals surface area contributed by atoms with Crippen molar-refractivity contribution in [3.8, 4) is 22.4 Å². The largest absolute Gasteiger partial charge is 0.299 e. The Morgan fingerprint density at radius 1 is 0.545 bits per heavy atom. The number of hydrogen-bond donors (Lipinski definition) is 0. The Balaban J connectivity index is 1.48. The van der Waals surface area contributed by atoms with Crippen LogP contribution in [0.4, 0.5) is 0 Å². The van der Waals surface area contributed by atoms with Crippen molar-refractivity contribution in [1.82, 2.24) is 14.4 Å². The van der Waals surface area contributed by atoms with Crippen LogP contribution in [0.2, 0.25) is 0 Å². The maximum Gasteiger partial charge on any atom is 0.137 e. The summed E-state index contributed by atoms with van der Waals surface area (Å²) in [6, 6.07) is 36.0. The fourth-order valence-electron chi connectivity index (χ4n) is 4.86. The lowest BCUT2D eigenvalue weighted by atomic mass is 9.97.